The highest BCUT2D eigenvalue weighted by Gasteiger charge is 2.23. The number of rotatable bonds is 7. The predicted molar refractivity (Wildman–Crippen MR) is 118 cm³/mol. The molecule has 5 nitrogen and oxygen atoms in total. The highest BCUT2D eigenvalue weighted by Crippen LogP contribution is 2.22. The lowest BCUT2D eigenvalue weighted by atomic mass is 9.99. The Morgan fingerprint density at radius 2 is 1.66 bits per heavy atom. The first-order valence-electron chi connectivity index (χ1n) is 9.66. The predicted octanol–water partition coefficient (Wildman–Crippen LogP) is 4.61. The van der Waals surface area contributed by atoms with Crippen molar-refractivity contribution in [3.8, 4) is 0 Å². The highest BCUT2D eigenvalue weighted by molar-refractivity contribution is 7.89. The SMILES string of the molecule is CC[C@H](C)c1ccc(NC(=O)CN(C)S(=O)(=O)c2ccc3ccccc3c2)cc1. The number of anilines is 1. The molecule has 0 saturated carbocycles. The lowest BCUT2D eigenvalue weighted by Gasteiger charge is -2.17. The number of sulfonamides is 1. The first kappa shape index (κ1) is 21.0. The molecule has 3 aromatic carbocycles. The zero-order chi connectivity index (χ0) is 21.0. The Labute approximate surface area is 172 Å². The van der Waals surface area contributed by atoms with Gasteiger partial charge in [0.15, 0.2) is 0 Å². The molecule has 0 aromatic heterocycles. The van der Waals surface area contributed by atoms with E-state index in [4.69, 9.17) is 0 Å². The standard InChI is InChI=1S/C23H26N2O3S/c1-4-17(2)18-9-12-21(13-10-18)24-23(26)16-25(3)29(27,28)22-14-11-19-7-5-6-8-20(19)15-22/h5-15,17H,4,16H2,1-3H3,(H,24,26)/t17-/m0/s1. The van der Waals surface area contributed by atoms with E-state index in [1.165, 1.54) is 12.6 Å². The summed E-state index contributed by atoms with van der Waals surface area (Å²) in [6.07, 6.45) is 1.04. The highest BCUT2D eigenvalue weighted by atomic mass is 32.2. The summed E-state index contributed by atoms with van der Waals surface area (Å²) in [5.74, 6) is 0.0751. The Bertz CT molecular complexity index is 1110. The number of fused-ring (bicyclic) bond motifs is 1. The molecular weight excluding hydrogens is 384 g/mol. The van der Waals surface area contributed by atoms with Gasteiger partial charge in [0.2, 0.25) is 15.9 Å². The van der Waals surface area contributed by atoms with E-state index in [9.17, 15) is 13.2 Å². The first-order chi connectivity index (χ1) is 13.8. The van der Waals surface area contributed by atoms with Crippen molar-refractivity contribution in [3.63, 3.8) is 0 Å². The molecule has 0 unspecified atom stereocenters. The van der Waals surface area contributed by atoms with Crippen LogP contribution in [-0.2, 0) is 14.8 Å². The van der Waals surface area contributed by atoms with Crippen molar-refractivity contribution in [2.45, 2.75) is 31.1 Å². The Hall–Kier alpha value is -2.70. The van der Waals surface area contributed by atoms with Crippen LogP contribution in [0.25, 0.3) is 10.8 Å². The molecule has 0 aliphatic rings. The molecular formula is C23H26N2O3S. The van der Waals surface area contributed by atoms with Gasteiger partial charge in [0.1, 0.15) is 0 Å². The molecule has 3 rings (SSSR count). The second-order valence-corrected chi connectivity index (χ2v) is 9.29. The fourth-order valence-electron chi connectivity index (χ4n) is 3.13. The van der Waals surface area contributed by atoms with Gasteiger partial charge in [-0.2, -0.15) is 4.31 Å². The van der Waals surface area contributed by atoms with Crippen LogP contribution in [0.4, 0.5) is 5.69 Å². The van der Waals surface area contributed by atoms with E-state index in [2.05, 4.69) is 19.2 Å². The molecule has 6 heteroatoms. The maximum absolute atomic E-state index is 12.9. The summed E-state index contributed by atoms with van der Waals surface area (Å²) < 4.78 is 26.8. The Morgan fingerprint density at radius 1 is 1.00 bits per heavy atom. The molecule has 0 bridgehead atoms. The van der Waals surface area contributed by atoms with Crippen LogP contribution in [0.3, 0.4) is 0 Å². The molecule has 1 amide bonds. The molecule has 1 atom stereocenters. The van der Waals surface area contributed by atoms with Gasteiger partial charge in [0.05, 0.1) is 11.4 Å². The van der Waals surface area contributed by atoms with E-state index >= 15 is 0 Å². The lowest BCUT2D eigenvalue weighted by molar-refractivity contribution is -0.116. The number of benzene rings is 3. The van der Waals surface area contributed by atoms with Crippen LogP contribution < -0.4 is 5.32 Å². The fraction of sp³-hybridized carbons (Fsp3) is 0.261. The van der Waals surface area contributed by atoms with Crippen molar-refractivity contribution in [3.05, 3.63) is 72.3 Å². The van der Waals surface area contributed by atoms with Crippen molar-refractivity contribution in [1.29, 1.82) is 0 Å². The average molecular weight is 411 g/mol. The van der Waals surface area contributed by atoms with E-state index in [-0.39, 0.29) is 17.3 Å². The van der Waals surface area contributed by atoms with Gasteiger partial charge in [0, 0.05) is 12.7 Å². The Kier molecular flexibility index (Phi) is 6.35. The van der Waals surface area contributed by atoms with Gasteiger partial charge in [-0.1, -0.05) is 56.3 Å². The van der Waals surface area contributed by atoms with Crippen molar-refractivity contribution in [2.24, 2.45) is 0 Å². The van der Waals surface area contributed by atoms with Crippen LogP contribution >= 0.6 is 0 Å². The molecule has 3 aromatic rings. The molecule has 0 aliphatic carbocycles. The second-order valence-electron chi connectivity index (χ2n) is 7.25. The van der Waals surface area contributed by atoms with Gasteiger partial charge in [-0.25, -0.2) is 8.42 Å². The summed E-state index contributed by atoms with van der Waals surface area (Å²) in [6.45, 7) is 4.02. The summed E-state index contributed by atoms with van der Waals surface area (Å²) >= 11 is 0. The number of nitrogens with zero attached hydrogens (tertiary/aromatic N) is 1. The van der Waals surface area contributed by atoms with E-state index in [1.54, 1.807) is 18.2 Å². The van der Waals surface area contributed by atoms with E-state index < -0.39 is 10.0 Å². The van der Waals surface area contributed by atoms with Gasteiger partial charge < -0.3 is 5.32 Å². The van der Waals surface area contributed by atoms with Crippen molar-refractivity contribution < 1.29 is 13.2 Å². The van der Waals surface area contributed by atoms with Crippen molar-refractivity contribution in [1.82, 2.24) is 4.31 Å². The minimum Gasteiger partial charge on any atom is -0.325 e. The van der Waals surface area contributed by atoms with Gasteiger partial charge in [-0.3, -0.25) is 4.79 Å². The summed E-state index contributed by atoms with van der Waals surface area (Å²) in [4.78, 5) is 12.5. The number of hydrogen-bond donors (Lipinski definition) is 1. The van der Waals surface area contributed by atoms with Gasteiger partial charge in [-0.15, -0.1) is 0 Å². The number of likely N-dealkylation sites (N-methyl/N-ethyl adjacent to an activating group) is 1. The van der Waals surface area contributed by atoms with Crippen LogP contribution in [0.5, 0.6) is 0 Å². The normalized spacial score (nSPS) is 12.8. The van der Waals surface area contributed by atoms with Crippen LogP contribution in [0.15, 0.2) is 71.6 Å². The molecule has 0 radical (unpaired) electrons. The summed E-state index contributed by atoms with van der Waals surface area (Å²) in [6, 6.07) is 20.2. The largest absolute Gasteiger partial charge is 0.325 e. The minimum atomic E-state index is -3.77. The third-order valence-corrected chi connectivity index (χ3v) is 6.97. The summed E-state index contributed by atoms with van der Waals surface area (Å²) in [5.41, 5.74) is 1.86. The van der Waals surface area contributed by atoms with Crippen molar-refractivity contribution >= 4 is 32.4 Å². The average Bonchev–Trinajstić information content (AvgIpc) is 2.73. The number of nitrogens with one attached hydrogen (secondary N) is 1. The molecule has 0 aliphatic heterocycles. The topological polar surface area (TPSA) is 66.5 Å². The first-order valence-corrected chi connectivity index (χ1v) is 11.1. The third kappa shape index (κ3) is 4.83. The molecule has 0 spiro atoms. The van der Waals surface area contributed by atoms with Crippen LogP contribution in [0.2, 0.25) is 0 Å². The lowest BCUT2D eigenvalue weighted by Crippen LogP contribution is -2.34. The van der Waals surface area contributed by atoms with Crippen molar-refractivity contribution in [2.75, 3.05) is 18.9 Å². The van der Waals surface area contributed by atoms with E-state index in [1.807, 2.05) is 48.5 Å². The monoisotopic (exact) mass is 410 g/mol. The van der Waals surface area contributed by atoms with Crippen LogP contribution in [0.1, 0.15) is 31.7 Å². The fourth-order valence-corrected chi connectivity index (χ4v) is 4.29. The maximum atomic E-state index is 12.9. The minimum absolute atomic E-state index is 0.171. The quantitative estimate of drug-likeness (QED) is 0.618. The van der Waals surface area contributed by atoms with Crippen LogP contribution in [-0.4, -0.2) is 32.2 Å². The molecule has 1 N–H and O–H groups in total. The van der Waals surface area contributed by atoms with E-state index in [0.717, 1.165) is 21.5 Å². The number of hydrogen-bond acceptors (Lipinski definition) is 3. The molecule has 0 saturated heterocycles. The Morgan fingerprint density at radius 3 is 2.31 bits per heavy atom. The summed E-state index contributed by atoms with van der Waals surface area (Å²) in [5, 5.41) is 4.57. The maximum Gasteiger partial charge on any atom is 0.243 e. The van der Waals surface area contributed by atoms with Gasteiger partial charge in [-0.05, 0) is 52.9 Å². The molecule has 152 valence electrons. The number of amides is 1. The Balaban J connectivity index is 1.69. The third-order valence-electron chi connectivity index (χ3n) is 5.17. The number of carbonyl (C=O) groups is 1. The van der Waals surface area contributed by atoms with Gasteiger partial charge in [0.25, 0.3) is 0 Å². The molecule has 0 fully saturated rings. The second kappa shape index (κ2) is 8.76. The zero-order valence-corrected chi connectivity index (χ0v) is 17.7. The number of carbonyl (C=O) groups excluding carboxylic acids is 1. The molecule has 29 heavy (non-hydrogen) atoms. The van der Waals surface area contributed by atoms with Crippen LogP contribution in [0, 0.1) is 0 Å². The zero-order valence-electron chi connectivity index (χ0n) is 16.9. The summed E-state index contributed by atoms with van der Waals surface area (Å²) in [7, 11) is -2.35. The van der Waals surface area contributed by atoms with E-state index in [0.29, 0.717) is 11.6 Å². The van der Waals surface area contributed by atoms with Gasteiger partial charge >= 0.3 is 0 Å². The smallest absolute Gasteiger partial charge is 0.243 e. The molecule has 0 heterocycles.